The molecule has 0 spiro atoms. The number of anilines is 2. The second kappa shape index (κ2) is 9.84. The van der Waals surface area contributed by atoms with Crippen LogP contribution in [0, 0.1) is 0 Å². The number of hydrogen-bond acceptors (Lipinski definition) is 5. The summed E-state index contributed by atoms with van der Waals surface area (Å²) >= 11 is 6.00. The zero-order valence-corrected chi connectivity index (χ0v) is 17.9. The van der Waals surface area contributed by atoms with Crippen LogP contribution in [-0.4, -0.2) is 63.7 Å². The number of nitrogens with zero attached hydrogens (tertiary/aromatic N) is 2. The van der Waals surface area contributed by atoms with Crippen LogP contribution >= 0.6 is 11.6 Å². The predicted octanol–water partition coefficient (Wildman–Crippen LogP) is 2.10. The van der Waals surface area contributed by atoms with Crippen molar-refractivity contribution in [1.29, 1.82) is 0 Å². The van der Waals surface area contributed by atoms with Crippen molar-refractivity contribution >= 4 is 44.8 Å². The summed E-state index contributed by atoms with van der Waals surface area (Å²) in [7, 11) is 1.01. The van der Waals surface area contributed by atoms with E-state index in [1.54, 1.807) is 36.2 Å². The van der Waals surface area contributed by atoms with Gasteiger partial charge in [0.05, 0.1) is 28.7 Å². The lowest BCUT2D eigenvalue weighted by atomic mass is 10.3. The summed E-state index contributed by atoms with van der Waals surface area (Å²) in [6.07, 6.45) is 0. The van der Waals surface area contributed by atoms with Crippen molar-refractivity contribution < 1.29 is 18.0 Å². The van der Waals surface area contributed by atoms with Gasteiger partial charge in [-0.05, 0) is 43.4 Å². The minimum Gasteiger partial charge on any atom is -0.325 e. The van der Waals surface area contributed by atoms with Gasteiger partial charge in [0.2, 0.25) is 21.8 Å². The number of halogens is 1. The van der Waals surface area contributed by atoms with E-state index in [0.717, 1.165) is 4.31 Å². The third-order valence-electron chi connectivity index (χ3n) is 3.89. The number of carbonyl (C=O) groups excluding carboxylic acids is 2. The maximum atomic E-state index is 12.2. The number of carbonyl (C=O) groups is 2. The summed E-state index contributed by atoms with van der Waals surface area (Å²) in [4.78, 5) is 26.0. The maximum absolute atomic E-state index is 12.2. The van der Waals surface area contributed by atoms with Gasteiger partial charge in [-0.1, -0.05) is 23.7 Å². The number of para-hydroxylation sites is 1. The molecule has 2 N–H and O–H groups in total. The normalized spacial score (nSPS) is 11.5. The molecule has 156 valence electrons. The smallest absolute Gasteiger partial charge is 0.242 e. The minimum absolute atomic E-state index is 0.00133. The lowest BCUT2D eigenvalue weighted by Gasteiger charge is -2.16. The van der Waals surface area contributed by atoms with E-state index in [0.29, 0.717) is 16.4 Å². The summed E-state index contributed by atoms with van der Waals surface area (Å²) in [6, 6.07) is 12.7. The second-order valence-corrected chi connectivity index (χ2v) is 9.12. The summed E-state index contributed by atoms with van der Waals surface area (Å²) in [6.45, 7) is -0.0215. The largest absolute Gasteiger partial charge is 0.325 e. The van der Waals surface area contributed by atoms with Gasteiger partial charge in [0.1, 0.15) is 0 Å². The van der Waals surface area contributed by atoms with Crippen LogP contribution in [0.1, 0.15) is 0 Å². The van der Waals surface area contributed by atoms with Crippen molar-refractivity contribution in [3.8, 4) is 0 Å². The van der Waals surface area contributed by atoms with Gasteiger partial charge >= 0.3 is 0 Å². The van der Waals surface area contributed by atoms with Crippen LogP contribution in [0.2, 0.25) is 5.02 Å². The monoisotopic (exact) mass is 438 g/mol. The number of amides is 2. The van der Waals surface area contributed by atoms with Crippen LogP contribution in [0.5, 0.6) is 0 Å². The Hall–Kier alpha value is -2.46. The lowest BCUT2D eigenvalue weighted by molar-refractivity contribution is -0.119. The van der Waals surface area contributed by atoms with Crippen molar-refractivity contribution in [2.24, 2.45) is 0 Å². The Balaban J connectivity index is 1.87. The zero-order chi connectivity index (χ0) is 21.6. The van der Waals surface area contributed by atoms with Crippen LogP contribution < -0.4 is 10.6 Å². The first-order chi connectivity index (χ1) is 13.6. The van der Waals surface area contributed by atoms with Crippen molar-refractivity contribution in [3.05, 3.63) is 53.6 Å². The van der Waals surface area contributed by atoms with Gasteiger partial charge in [0.15, 0.2) is 0 Å². The topological polar surface area (TPSA) is 98.8 Å². The van der Waals surface area contributed by atoms with Gasteiger partial charge in [0.25, 0.3) is 0 Å². The first-order valence-corrected chi connectivity index (χ1v) is 10.5. The average Bonchev–Trinajstić information content (AvgIpc) is 2.63. The highest BCUT2D eigenvalue weighted by atomic mass is 35.5. The minimum atomic E-state index is -3.53. The Morgan fingerprint density at radius 2 is 1.45 bits per heavy atom. The van der Waals surface area contributed by atoms with Gasteiger partial charge < -0.3 is 10.6 Å². The molecular formula is C19H23ClN4O4S. The molecule has 8 nitrogen and oxygen atoms in total. The number of rotatable bonds is 8. The summed E-state index contributed by atoms with van der Waals surface area (Å²) in [5, 5.41) is 5.79. The fraction of sp³-hybridized carbons (Fsp3) is 0.263. The van der Waals surface area contributed by atoms with Crippen molar-refractivity contribution in [1.82, 2.24) is 9.21 Å². The molecule has 0 saturated heterocycles. The Labute approximate surface area is 175 Å². The van der Waals surface area contributed by atoms with Crippen LogP contribution in [0.4, 0.5) is 11.4 Å². The van der Waals surface area contributed by atoms with Gasteiger partial charge in [-0.25, -0.2) is 12.7 Å². The van der Waals surface area contributed by atoms with Gasteiger partial charge in [0, 0.05) is 19.8 Å². The number of likely N-dealkylation sites (N-methyl/N-ethyl adjacent to an activating group) is 1. The Bertz CT molecular complexity index is 978. The van der Waals surface area contributed by atoms with E-state index >= 15 is 0 Å². The highest BCUT2D eigenvalue weighted by Crippen LogP contribution is 2.20. The van der Waals surface area contributed by atoms with E-state index in [1.165, 1.54) is 38.4 Å². The molecule has 0 aliphatic heterocycles. The molecule has 2 aromatic rings. The van der Waals surface area contributed by atoms with Gasteiger partial charge in [-0.2, -0.15) is 0 Å². The standard InChI is InChI=1S/C19H23ClN4O4S/c1-23(2)29(27,28)15-10-8-14(9-11-15)21-18(25)12-24(3)13-19(26)22-17-7-5-4-6-16(17)20/h4-11H,12-13H2,1-3H3,(H,21,25)(H,22,26). The Morgan fingerprint density at radius 1 is 0.897 bits per heavy atom. The molecule has 2 amide bonds. The first kappa shape index (κ1) is 22.8. The SMILES string of the molecule is CN(CC(=O)Nc1ccc(S(=O)(=O)N(C)C)cc1)CC(=O)Nc1ccccc1Cl. The fourth-order valence-corrected chi connectivity index (χ4v) is 3.50. The van der Waals surface area contributed by atoms with Gasteiger partial charge in [-0.15, -0.1) is 0 Å². The van der Waals surface area contributed by atoms with Gasteiger partial charge in [-0.3, -0.25) is 14.5 Å². The molecular weight excluding hydrogens is 416 g/mol. The van der Waals surface area contributed by atoms with E-state index in [4.69, 9.17) is 11.6 Å². The molecule has 10 heteroatoms. The fourth-order valence-electron chi connectivity index (χ4n) is 2.42. The summed E-state index contributed by atoms with van der Waals surface area (Å²) in [5.41, 5.74) is 0.964. The molecule has 0 radical (unpaired) electrons. The summed E-state index contributed by atoms with van der Waals surface area (Å²) < 4.78 is 25.2. The number of hydrogen-bond donors (Lipinski definition) is 2. The lowest BCUT2D eigenvalue weighted by Crippen LogP contribution is -2.36. The molecule has 29 heavy (non-hydrogen) atoms. The molecule has 0 saturated carbocycles. The highest BCUT2D eigenvalue weighted by molar-refractivity contribution is 7.89. The summed E-state index contributed by atoms with van der Waals surface area (Å²) in [5.74, 6) is -0.632. The molecule has 0 heterocycles. The van der Waals surface area contributed by atoms with Crippen LogP contribution in [0.15, 0.2) is 53.4 Å². The first-order valence-electron chi connectivity index (χ1n) is 8.65. The molecule has 0 aliphatic rings. The average molecular weight is 439 g/mol. The number of benzene rings is 2. The van der Waals surface area contributed by atoms with E-state index in [2.05, 4.69) is 10.6 Å². The number of nitrogens with one attached hydrogen (secondary N) is 2. The van der Waals surface area contributed by atoms with Crippen LogP contribution in [0.3, 0.4) is 0 Å². The quantitative estimate of drug-likeness (QED) is 0.657. The molecule has 2 rings (SSSR count). The molecule has 0 atom stereocenters. The predicted molar refractivity (Wildman–Crippen MR) is 114 cm³/mol. The van der Waals surface area contributed by atoms with Crippen molar-refractivity contribution in [2.75, 3.05) is 44.9 Å². The second-order valence-electron chi connectivity index (χ2n) is 6.56. The number of sulfonamides is 1. The van der Waals surface area contributed by atoms with E-state index in [1.807, 2.05) is 0 Å². The van der Waals surface area contributed by atoms with Crippen LogP contribution in [0.25, 0.3) is 0 Å². The maximum Gasteiger partial charge on any atom is 0.242 e. The zero-order valence-electron chi connectivity index (χ0n) is 16.3. The molecule has 0 fully saturated rings. The molecule has 2 aromatic carbocycles. The van der Waals surface area contributed by atoms with Crippen molar-refractivity contribution in [3.63, 3.8) is 0 Å². The highest BCUT2D eigenvalue weighted by Gasteiger charge is 2.17. The van der Waals surface area contributed by atoms with E-state index < -0.39 is 10.0 Å². The Kier molecular flexibility index (Phi) is 7.74. The van der Waals surface area contributed by atoms with Crippen LogP contribution in [-0.2, 0) is 19.6 Å². The molecule has 0 bridgehead atoms. The molecule has 0 unspecified atom stereocenters. The third-order valence-corrected chi connectivity index (χ3v) is 6.05. The third kappa shape index (κ3) is 6.53. The molecule has 0 aromatic heterocycles. The van der Waals surface area contributed by atoms with E-state index in [-0.39, 0.29) is 29.8 Å². The molecule has 0 aliphatic carbocycles. The van der Waals surface area contributed by atoms with Crippen molar-refractivity contribution in [2.45, 2.75) is 4.90 Å². The Morgan fingerprint density at radius 3 is 2.00 bits per heavy atom. The van der Waals surface area contributed by atoms with E-state index in [9.17, 15) is 18.0 Å².